The molecular weight excluding hydrogens is 424 g/mol. The number of halogens is 1. The van der Waals surface area contributed by atoms with E-state index in [1.54, 1.807) is 26.4 Å². The summed E-state index contributed by atoms with van der Waals surface area (Å²) in [6.07, 6.45) is 0.689. The van der Waals surface area contributed by atoms with Gasteiger partial charge in [0.25, 0.3) is 5.91 Å². The van der Waals surface area contributed by atoms with Gasteiger partial charge in [-0.25, -0.2) is 4.98 Å². The van der Waals surface area contributed by atoms with Crippen molar-refractivity contribution >= 4 is 28.4 Å². The third kappa shape index (κ3) is 4.68. The third-order valence-corrected chi connectivity index (χ3v) is 5.47. The fraction of sp³-hybridized carbons (Fsp3) is 0.154. The van der Waals surface area contributed by atoms with Gasteiger partial charge in [0.1, 0.15) is 11.5 Å². The summed E-state index contributed by atoms with van der Waals surface area (Å²) in [5, 5.41) is 4.51. The number of nitrogens with one attached hydrogen (secondary N) is 1. The molecule has 4 aromatic rings. The van der Waals surface area contributed by atoms with E-state index in [1.807, 2.05) is 60.7 Å². The van der Waals surface area contributed by atoms with E-state index in [0.29, 0.717) is 40.7 Å². The van der Waals surface area contributed by atoms with Crippen LogP contribution in [0.3, 0.4) is 0 Å². The SMILES string of the molecule is COc1ccc(-c2cc(C(=O)NCCc3cccc(Cl)c3)c3ccccc3n2)c(OC)c1. The predicted octanol–water partition coefficient (Wildman–Crippen LogP) is 5.54. The molecule has 4 rings (SSSR count). The number of pyridine rings is 1. The Morgan fingerprint density at radius 2 is 1.81 bits per heavy atom. The van der Waals surface area contributed by atoms with Crippen LogP contribution >= 0.6 is 11.6 Å². The molecule has 0 aliphatic carbocycles. The molecule has 0 unspecified atom stereocenters. The molecule has 0 radical (unpaired) electrons. The second-order valence-electron chi connectivity index (χ2n) is 7.27. The minimum atomic E-state index is -0.153. The lowest BCUT2D eigenvalue weighted by Crippen LogP contribution is -2.26. The fourth-order valence-electron chi connectivity index (χ4n) is 3.62. The van der Waals surface area contributed by atoms with E-state index < -0.39 is 0 Å². The Kier molecular flexibility index (Phi) is 6.57. The number of nitrogens with zero attached hydrogens (tertiary/aromatic N) is 1. The van der Waals surface area contributed by atoms with Crippen LogP contribution in [-0.4, -0.2) is 31.7 Å². The highest BCUT2D eigenvalue weighted by atomic mass is 35.5. The van der Waals surface area contributed by atoms with Crippen molar-refractivity contribution in [3.8, 4) is 22.8 Å². The van der Waals surface area contributed by atoms with Crippen LogP contribution in [0.25, 0.3) is 22.2 Å². The van der Waals surface area contributed by atoms with Crippen LogP contribution in [0, 0.1) is 0 Å². The molecule has 0 saturated carbocycles. The predicted molar refractivity (Wildman–Crippen MR) is 128 cm³/mol. The first-order chi connectivity index (χ1) is 15.6. The van der Waals surface area contributed by atoms with Crippen LogP contribution in [-0.2, 0) is 6.42 Å². The van der Waals surface area contributed by atoms with E-state index in [1.165, 1.54) is 0 Å². The highest BCUT2D eigenvalue weighted by molar-refractivity contribution is 6.30. The molecule has 3 aromatic carbocycles. The van der Waals surface area contributed by atoms with Crippen molar-refractivity contribution in [2.24, 2.45) is 0 Å². The van der Waals surface area contributed by atoms with Gasteiger partial charge in [-0.05, 0) is 48.4 Å². The summed E-state index contributed by atoms with van der Waals surface area (Å²) in [5.74, 6) is 1.16. The number of methoxy groups -OCH3 is 2. The molecule has 162 valence electrons. The number of rotatable bonds is 7. The second kappa shape index (κ2) is 9.71. The van der Waals surface area contributed by atoms with Gasteiger partial charge in [0.2, 0.25) is 0 Å². The summed E-state index contributed by atoms with van der Waals surface area (Å²) in [7, 11) is 3.21. The van der Waals surface area contributed by atoms with Crippen LogP contribution in [0.4, 0.5) is 0 Å². The van der Waals surface area contributed by atoms with Crippen molar-refractivity contribution in [2.75, 3.05) is 20.8 Å². The van der Waals surface area contributed by atoms with Crippen molar-refractivity contribution in [1.82, 2.24) is 10.3 Å². The van der Waals surface area contributed by atoms with E-state index in [2.05, 4.69) is 5.32 Å². The minimum absolute atomic E-state index is 0.153. The summed E-state index contributed by atoms with van der Waals surface area (Å²) in [5.41, 5.74) is 3.81. The van der Waals surface area contributed by atoms with Gasteiger partial charge in [0, 0.05) is 28.6 Å². The van der Waals surface area contributed by atoms with Gasteiger partial charge < -0.3 is 14.8 Å². The molecule has 32 heavy (non-hydrogen) atoms. The number of carbonyl (C=O) groups is 1. The molecule has 1 heterocycles. The molecule has 0 spiro atoms. The van der Waals surface area contributed by atoms with E-state index in [0.717, 1.165) is 22.0 Å². The van der Waals surface area contributed by atoms with Gasteiger partial charge >= 0.3 is 0 Å². The van der Waals surface area contributed by atoms with Crippen LogP contribution in [0.1, 0.15) is 15.9 Å². The zero-order valence-electron chi connectivity index (χ0n) is 17.9. The average molecular weight is 447 g/mol. The van der Waals surface area contributed by atoms with Gasteiger partial charge in [0.05, 0.1) is 31.0 Å². The smallest absolute Gasteiger partial charge is 0.252 e. The van der Waals surface area contributed by atoms with Crippen LogP contribution in [0.5, 0.6) is 11.5 Å². The molecule has 0 fully saturated rings. The molecule has 6 heteroatoms. The molecule has 0 aliphatic rings. The number of ether oxygens (including phenoxy) is 2. The number of amides is 1. The molecule has 1 aromatic heterocycles. The Balaban J connectivity index is 1.66. The zero-order valence-corrected chi connectivity index (χ0v) is 18.6. The second-order valence-corrected chi connectivity index (χ2v) is 7.71. The van der Waals surface area contributed by atoms with Gasteiger partial charge in [-0.15, -0.1) is 0 Å². The van der Waals surface area contributed by atoms with Crippen LogP contribution in [0.15, 0.2) is 72.8 Å². The molecule has 5 nitrogen and oxygen atoms in total. The Labute approximate surface area is 192 Å². The van der Waals surface area contributed by atoms with E-state index >= 15 is 0 Å². The van der Waals surface area contributed by atoms with Crippen molar-refractivity contribution in [1.29, 1.82) is 0 Å². The normalized spacial score (nSPS) is 10.7. The first-order valence-electron chi connectivity index (χ1n) is 10.2. The van der Waals surface area contributed by atoms with Crippen molar-refractivity contribution in [3.63, 3.8) is 0 Å². The molecule has 1 N–H and O–H groups in total. The maximum Gasteiger partial charge on any atom is 0.252 e. The summed E-state index contributed by atoms with van der Waals surface area (Å²) in [6.45, 7) is 0.497. The summed E-state index contributed by atoms with van der Waals surface area (Å²) < 4.78 is 10.8. The first kappa shape index (κ1) is 21.7. The van der Waals surface area contributed by atoms with Crippen LogP contribution in [0.2, 0.25) is 5.02 Å². The third-order valence-electron chi connectivity index (χ3n) is 5.23. The van der Waals surface area contributed by atoms with Gasteiger partial charge in [-0.1, -0.05) is 41.9 Å². The average Bonchev–Trinajstić information content (AvgIpc) is 2.82. The molecular formula is C26H23ClN2O3. The van der Waals surface area contributed by atoms with Gasteiger partial charge in [-0.3, -0.25) is 4.79 Å². The molecule has 1 amide bonds. The topological polar surface area (TPSA) is 60.5 Å². The van der Waals surface area contributed by atoms with E-state index in [9.17, 15) is 4.79 Å². The van der Waals surface area contributed by atoms with Crippen molar-refractivity contribution in [3.05, 3.63) is 88.9 Å². The lowest BCUT2D eigenvalue weighted by atomic mass is 10.0. The molecule has 0 saturated heterocycles. The van der Waals surface area contributed by atoms with Crippen molar-refractivity contribution < 1.29 is 14.3 Å². The monoisotopic (exact) mass is 446 g/mol. The van der Waals surface area contributed by atoms with Crippen LogP contribution < -0.4 is 14.8 Å². The number of para-hydroxylation sites is 1. The highest BCUT2D eigenvalue weighted by Crippen LogP contribution is 2.34. The minimum Gasteiger partial charge on any atom is -0.497 e. The summed E-state index contributed by atoms with van der Waals surface area (Å²) >= 11 is 6.05. The lowest BCUT2D eigenvalue weighted by Gasteiger charge is -2.13. The lowest BCUT2D eigenvalue weighted by molar-refractivity contribution is 0.0955. The molecule has 0 atom stereocenters. The Bertz CT molecular complexity index is 1270. The molecule has 0 aliphatic heterocycles. The largest absolute Gasteiger partial charge is 0.497 e. The molecule has 0 bridgehead atoms. The Morgan fingerprint density at radius 3 is 2.59 bits per heavy atom. The Morgan fingerprint density at radius 1 is 0.969 bits per heavy atom. The number of aromatic nitrogens is 1. The fourth-order valence-corrected chi connectivity index (χ4v) is 3.83. The zero-order chi connectivity index (χ0) is 22.5. The highest BCUT2D eigenvalue weighted by Gasteiger charge is 2.16. The van der Waals surface area contributed by atoms with Gasteiger partial charge in [-0.2, -0.15) is 0 Å². The maximum atomic E-state index is 13.1. The van der Waals surface area contributed by atoms with E-state index in [4.69, 9.17) is 26.1 Å². The Hall–Kier alpha value is -3.57. The number of hydrogen-bond donors (Lipinski definition) is 1. The summed E-state index contributed by atoms with van der Waals surface area (Å²) in [4.78, 5) is 17.9. The standard InChI is InChI=1S/C26H23ClN2O3/c1-31-19-10-11-21(25(15-19)32-2)24-16-22(20-8-3-4-9-23(20)29-24)26(30)28-13-12-17-6-5-7-18(27)14-17/h3-11,14-16H,12-13H2,1-2H3,(H,28,30). The summed E-state index contributed by atoms with van der Waals surface area (Å²) in [6, 6.07) is 22.6. The first-order valence-corrected chi connectivity index (χ1v) is 10.6. The number of fused-ring (bicyclic) bond motifs is 1. The number of carbonyl (C=O) groups excluding carboxylic acids is 1. The number of benzene rings is 3. The quantitative estimate of drug-likeness (QED) is 0.404. The van der Waals surface area contributed by atoms with Gasteiger partial charge in [0.15, 0.2) is 0 Å². The van der Waals surface area contributed by atoms with Crippen molar-refractivity contribution in [2.45, 2.75) is 6.42 Å². The maximum absolute atomic E-state index is 13.1. The van der Waals surface area contributed by atoms with E-state index in [-0.39, 0.29) is 5.91 Å². The number of hydrogen-bond acceptors (Lipinski definition) is 4.